The smallest absolute Gasteiger partial charge is 0.143 e. The first kappa shape index (κ1) is 13.6. The second-order valence-corrected chi connectivity index (χ2v) is 6.54. The Bertz CT molecular complexity index is 568. The fourth-order valence-electron chi connectivity index (χ4n) is 1.34. The van der Waals surface area contributed by atoms with Crippen molar-refractivity contribution in [2.75, 3.05) is 0 Å². The highest BCUT2D eigenvalue weighted by molar-refractivity contribution is 9.14. The Morgan fingerprint density at radius 3 is 2.47 bits per heavy atom. The summed E-state index contributed by atoms with van der Waals surface area (Å²) in [6.45, 7) is 0.482. The van der Waals surface area contributed by atoms with Crippen LogP contribution in [-0.2, 0) is 6.54 Å². The summed E-state index contributed by atoms with van der Waals surface area (Å²) in [5.74, 6) is 0.253. The molecule has 0 atom stereocenters. The molecule has 0 saturated carbocycles. The first-order chi connectivity index (χ1) is 7.99. The molecule has 0 aliphatic carbocycles. The van der Waals surface area contributed by atoms with Gasteiger partial charge < -0.3 is 5.11 Å². The minimum Gasteiger partial charge on any atom is -0.508 e. The zero-order valence-corrected chi connectivity index (χ0v) is 14.6. The first-order valence-electron chi connectivity index (χ1n) is 4.53. The van der Waals surface area contributed by atoms with E-state index in [1.807, 2.05) is 6.07 Å². The monoisotopic (exact) mass is 486 g/mol. The van der Waals surface area contributed by atoms with Crippen molar-refractivity contribution < 1.29 is 5.11 Å². The van der Waals surface area contributed by atoms with Crippen LogP contribution in [0.5, 0.6) is 5.75 Å². The standard InChI is InChI=1S/C10H6Br4N2O/c11-6-1-2-7(17)5(3-6)4-16-10(14)8(12)9(13)15-16/h1-3,17H,4H2. The third-order valence-electron chi connectivity index (χ3n) is 2.16. The van der Waals surface area contributed by atoms with Gasteiger partial charge in [0.2, 0.25) is 0 Å². The Labute approximate surface area is 132 Å². The zero-order valence-electron chi connectivity index (χ0n) is 8.29. The Balaban J connectivity index is 2.37. The quantitative estimate of drug-likeness (QED) is 0.665. The Morgan fingerprint density at radius 2 is 1.88 bits per heavy atom. The molecule has 0 unspecified atom stereocenters. The van der Waals surface area contributed by atoms with E-state index in [0.29, 0.717) is 6.54 Å². The van der Waals surface area contributed by atoms with Gasteiger partial charge in [0.05, 0.1) is 11.0 Å². The van der Waals surface area contributed by atoms with Crippen molar-refractivity contribution in [2.45, 2.75) is 6.54 Å². The number of halogens is 4. The topological polar surface area (TPSA) is 38.0 Å². The van der Waals surface area contributed by atoms with Gasteiger partial charge in [0, 0.05) is 10.0 Å². The molecule has 2 aromatic rings. The fourth-order valence-corrected chi connectivity index (χ4v) is 3.07. The molecule has 0 amide bonds. The molecule has 0 radical (unpaired) electrons. The summed E-state index contributed by atoms with van der Waals surface area (Å²) in [6.07, 6.45) is 0. The largest absolute Gasteiger partial charge is 0.508 e. The number of hydrogen-bond donors (Lipinski definition) is 1. The minimum atomic E-state index is 0.253. The second-order valence-electron chi connectivity index (χ2n) is 3.33. The van der Waals surface area contributed by atoms with Gasteiger partial charge in [0.1, 0.15) is 15.0 Å². The molecule has 0 fully saturated rings. The zero-order chi connectivity index (χ0) is 12.6. The van der Waals surface area contributed by atoms with Crippen molar-refractivity contribution in [2.24, 2.45) is 0 Å². The van der Waals surface area contributed by atoms with E-state index in [1.165, 1.54) is 0 Å². The SMILES string of the molecule is Oc1ccc(Br)cc1Cn1nc(Br)c(Br)c1Br. The van der Waals surface area contributed by atoms with Crippen molar-refractivity contribution in [3.8, 4) is 5.75 Å². The summed E-state index contributed by atoms with van der Waals surface area (Å²) in [4.78, 5) is 0. The normalized spacial score (nSPS) is 10.8. The predicted molar refractivity (Wildman–Crippen MR) is 80.2 cm³/mol. The van der Waals surface area contributed by atoms with Gasteiger partial charge in [-0.3, -0.25) is 4.68 Å². The number of phenolic OH excluding ortho intramolecular Hbond substituents is 1. The van der Waals surface area contributed by atoms with E-state index in [0.717, 1.165) is 23.7 Å². The molecule has 0 saturated heterocycles. The van der Waals surface area contributed by atoms with E-state index in [4.69, 9.17) is 0 Å². The molecule has 3 nitrogen and oxygen atoms in total. The molecular formula is C10H6Br4N2O. The second kappa shape index (κ2) is 5.42. The minimum absolute atomic E-state index is 0.253. The predicted octanol–water partition coefficient (Wildman–Crippen LogP) is 4.69. The lowest BCUT2D eigenvalue weighted by molar-refractivity contribution is 0.463. The average Bonchev–Trinajstić information content (AvgIpc) is 2.52. The molecule has 0 bridgehead atoms. The van der Waals surface area contributed by atoms with E-state index in [9.17, 15) is 5.11 Å². The lowest BCUT2D eigenvalue weighted by Crippen LogP contribution is -2.02. The number of aromatic nitrogens is 2. The van der Waals surface area contributed by atoms with Crippen LogP contribution in [0.1, 0.15) is 5.56 Å². The van der Waals surface area contributed by atoms with Crippen LogP contribution in [0.3, 0.4) is 0 Å². The van der Waals surface area contributed by atoms with Crippen LogP contribution in [0, 0.1) is 0 Å². The van der Waals surface area contributed by atoms with Crippen LogP contribution < -0.4 is 0 Å². The molecule has 1 aromatic heterocycles. The maximum atomic E-state index is 9.76. The third kappa shape index (κ3) is 2.94. The number of nitrogens with zero attached hydrogens (tertiary/aromatic N) is 2. The number of phenols is 1. The molecule has 0 aliphatic rings. The third-order valence-corrected chi connectivity index (χ3v) is 5.83. The van der Waals surface area contributed by atoms with Crippen LogP contribution in [0.2, 0.25) is 0 Å². The maximum Gasteiger partial charge on any atom is 0.143 e. The highest BCUT2D eigenvalue weighted by Gasteiger charge is 2.13. The van der Waals surface area contributed by atoms with Gasteiger partial charge in [-0.1, -0.05) is 15.9 Å². The maximum absolute atomic E-state index is 9.76. The molecule has 0 aliphatic heterocycles. The van der Waals surface area contributed by atoms with E-state index in [-0.39, 0.29) is 5.75 Å². The lowest BCUT2D eigenvalue weighted by Gasteiger charge is -2.06. The number of benzene rings is 1. The average molecular weight is 490 g/mol. The van der Waals surface area contributed by atoms with Crippen molar-refractivity contribution in [1.82, 2.24) is 9.78 Å². The highest BCUT2D eigenvalue weighted by Crippen LogP contribution is 2.32. The van der Waals surface area contributed by atoms with Gasteiger partial charge in [-0.05, 0) is 66.0 Å². The molecule has 17 heavy (non-hydrogen) atoms. The summed E-state index contributed by atoms with van der Waals surface area (Å²) < 4.78 is 5.07. The van der Waals surface area contributed by atoms with Crippen LogP contribution in [0.4, 0.5) is 0 Å². The van der Waals surface area contributed by atoms with E-state index in [2.05, 4.69) is 68.8 Å². The molecule has 90 valence electrons. The molecular weight excluding hydrogens is 484 g/mol. The van der Waals surface area contributed by atoms with E-state index < -0.39 is 0 Å². The van der Waals surface area contributed by atoms with Crippen LogP contribution in [0.15, 0.2) is 36.4 Å². The molecule has 0 spiro atoms. The highest BCUT2D eigenvalue weighted by atomic mass is 79.9. The van der Waals surface area contributed by atoms with Crippen molar-refractivity contribution >= 4 is 63.7 Å². The molecule has 1 aromatic carbocycles. The van der Waals surface area contributed by atoms with Crippen molar-refractivity contribution in [1.29, 1.82) is 0 Å². The Hall–Kier alpha value is 0.150. The summed E-state index contributed by atoms with van der Waals surface area (Å²) in [5, 5.41) is 14.1. The summed E-state index contributed by atoms with van der Waals surface area (Å²) in [6, 6.07) is 5.31. The van der Waals surface area contributed by atoms with E-state index in [1.54, 1.807) is 16.8 Å². The lowest BCUT2D eigenvalue weighted by atomic mass is 10.2. The Morgan fingerprint density at radius 1 is 1.18 bits per heavy atom. The first-order valence-corrected chi connectivity index (χ1v) is 7.71. The number of rotatable bonds is 2. The van der Waals surface area contributed by atoms with Crippen LogP contribution >= 0.6 is 63.7 Å². The van der Waals surface area contributed by atoms with Gasteiger partial charge in [-0.15, -0.1) is 0 Å². The summed E-state index contributed by atoms with van der Waals surface area (Å²) >= 11 is 13.5. The van der Waals surface area contributed by atoms with Crippen molar-refractivity contribution in [3.05, 3.63) is 41.9 Å². The van der Waals surface area contributed by atoms with E-state index >= 15 is 0 Å². The number of aromatic hydroxyl groups is 1. The van der Waals surface area contributed by atoms with Crippen LogP contribution in [-0.4, -0.2) is 14.9 Å². The van der Waals surface area contributed by atoms with Crippen molar-refractivity contribution in [3.63, 3.8) is 0 Å². The molecule has 1 heterocycles. The Kier molecular flexibility index (Phi) is 4.33. The van der Waals surface area contributed by atoms with Gasteiger partial charge in [-0.25, -0.2) is 0 Å². The molecule has 2 rings (SSSR count). The van der Waals surface area contributed by atoms with Gasteiger partial charge in [0.15, 0.2) is 0 Å². The van der Waals surface area contributed by atoms with Gasteiger partial charge in [0.25, 0.3) is 0 Å². The summed E-state index contributed by atoms with van der Waals surface area (Å²) in [7, 11) is 0. The summed E-state index contributed by atoms with van der Waals surface area (Å²) in [5.41, 5.74) is 0.794. The molecule has 1 N–H and O–H groups in total. The number of hydrogen-bond acceptors (Lipinski definition) is 2. The van der Waals surface area contributed by atoms with Gasteiger partial charge >= 0.3 is 0 Å². The van der Waals surface area contributed by atoms with Gasteiger partial charge in [-0.2, -0.15) is 5.10 Å². The fraction of sp³-hybridized carbons (Fsp3) is 0.100. The molecule has 7 heteroatoms. The van der Waals surface area contributed by atoms with Crippen LogP contribution in [0.25, 0.3) is 0 Å².